The van der Waals surface area contributed by atoms with Gasteiger partial charge < -0.3 is 15.0 Å². The van der Waals surface area contributed by atoms with Gasteiger partial charge in [0.1, 0.15) is 5.82 Å². The van der Waals surface area contributed by atoms with Gasteiger partial charge in [0.15, 0.2) is 5.96 Å². The van der Waals surface area contributed by atoms with Crippen LogP contribution in [0.4, 0.5) is 4.39 Å². The molecule has 1 aliphatic heterocycles. The molecule has 3 rings (SSSR count). The van der Waals surface area contributed by atoms with E-state index in [1.165, 1.54) is 13.2 Å². The number of nitrogens with one attached hydrogen (secondary N) is 1. The number of esters is 1. The van der Waals surface area contributed by atoms with Crippen LogP contribution in [0.2, 0.25) is 0 Å². The van der Waals surface area contributed by atoms with Gasteiger partial charge in [-0.3, -0.25) is 9.79 Å². The zero-order valence-corrected chi connectivity index (χ0v) is 17.7. The highest BCUT2D eigenvalue weighted by atomic mass is 127. The van der Waals surface area contributed by atoms with Crippen LogP contribution in [0.15, 0.2) is 29.3 Å². The standard InChI is InChI=1S/C19H26FN3O2.HI/c1-21-18(23-11-7-14(8-12-23)17(24)25-2)22-13-19(9-10-19)15-5-3-4-6-16(15)20;/h3-6,14H,7-13H2,1-2H3,(H,21,22);1H. The second kappa shape index (κ2) is 9.01. The van der Waals surface area contributed by atoms with Gasteiger partial charge in [-0.25, -0.2) is 4.39 Å². The molecule has 0 spiro atoms. The van der Waals surface area contributed by atoms with E-state index < -0.39 is 0 Å². The highest BCUT2D eigenvalue weighted by Gasteiger charge is 2.46. The van der Waals surface area contributed by atoms with Gasteiger partial charge in [-0.1, -0.05) is 18.2 Å². The number of halogens is 2. The first-order valence-corrected chi connectivity index (χ1v) is 8.88. The zero-order valence-electron chi connectivity index (χ0n) is 15.3. The molecule has 26 heavy (non-hydrogen) atoms. The van der Waals surface area contributed by atoms with Gasteiger partial charge in [0.25, 0.3) is 0 Å². The van der Waals surface area contributed by atoms with Crippen LogP contribution in [-0.2, 0) is 14.9 Å². The summed E-state index contributed by atoms with van der Waals surface area (Å²) in [6.07, 6.45) is 3.52. The summed E-state index contributed by atoms with van der Waals surface area (Å²) in [5.74, 6) is 0.549. The summed E-state index contributed by atoms with van der Waals surface area (Å²) in [5, 5.41) is 3.42. The Morgan fingerprint density at radius 2 is 2.00 bits per heavy atom. The third kappa shape index (κ3) is 4.47. The Balaban J connectivity index is 0.00000243. The maximum absolute atomic E-state index is 14.1. The van der Waals surface area contributed by atoms with E-state index in [-0.39, 0.29) is 47.1 Å². The van der Waals surface area contributed by atoms with E-state index in [1.54, 1.807) is 13.1 Å². The van der Waals surface area contributed by atoms with Crippen molar-refractivity contribution < 1.29 is 13.9 Å². The van der Waals surface area contributed by atoms with E-state index in [2.05, 4.69) is 15.2 Å². The molecule has 2 fully saturated rings. The first-order valence-electron chi connectivity index (χ1n) is 8.88. The number of methoxy groups -OCH3 is 1. The molecule has 0 unspecified atom stereocenters. The molecule has 0 bridgehead atoms. The van der Waals surface area contributed by atoms with Gasteiger partial charge in [-0.15, -0.1) is 24.0 Å². The van der Waals surface area contributed by atoms with Crippen molar-refractivity contribution in [2.75, 3.05) is 33.8 Å². The maximum Gasteiger partial charge on any atom is 0.308 e. The monoisotopic (exact) mass is 475 g/mol. The number of carbonyl (C=O) groups excluding carboxylic acids is 1. The fraction of sp³-hybridized carbons (Fsp3) is 0.579. The third-order valence-corrected chi connectivity index (χ3v) is 5.42. The highest BCUT2D eigenvalue weighted by molar-refractivity contribution is 14.0. The van der Waals surface area contributed by atoms with Crippen molar-refractivity contribution in [3.63, 3.8) is 0 Å². The molecule has 5 nitrogen and oxygen atoms in total. The number of benzene rings is 1. The lowest BCUT2D eigenvalue weighted by Gasteiger charge is -2.33. The van der Waals surface area contributed by atoms with Crippen molar-refractivity contribution in [2.45, 2.75) is 31.1 Å². The van der Waals surface area contributed by atoms with Gasteiger partial charge in [-0.05, 0) is 37.3 Å². The number of hydrogen-bond acceptors (Lipinski definition) is 3. The van der Waals surface area contributed by atoms with E-state index in [1.807, 2.05) is 12.1 Å². The number of likely N-dealkylation sites (tertiary alicyclic amines) is 1. The normalized spacial score (nSPS) is 19.5. The number of piperidine rings is 1. The van der Waals surface area contributed by atoms with E-state index in [0.29, 0.717) is 6.54 Å². The Labute approximate surface area is 171 Å². The third-order valence-electron chi connectivity index (χ3n) is 5.42. The first kappa shape index (κ1) is 20.9. The fourth-order valence-electron chi connectivity index (χ4n) is 3.66. The molecule has 1 saturated carbocycles. The predicted molar refractivity (Wildman–Crippen MR) is 110 cm³/mol. The lowest BCUT2D eigenvalue weighted by molar-refractivity contribution is -0.146. The van der Waals surface area contributed by atoms with Gasteiger partial charge in [0.2, 0.25) is 0 Å². The van der Waals surface area contributed by atoms with Crippen molar-refractivity contribution in [2.24, 2.45) is 10.9 Å². The number of aliphatic imine (C=N–C) groups is 1. The molecule has 0 amide bonds. The van der Waals surface area contributed by atoms with Crippen LogP contribution in [0, 0.1) is 11.7 Å². The Bertz CT molecular complexity index is 656. The number of nitrogens with zero attached hydrogens (tertiary/aromatic N) is 2. The molecule has 1 aliphatic carbocycles. The van der Waals surface area contributed by atoms with Gasteiger partial charge in [-0.2, -0.15) is 0 Å². The minimum absolute atomic E-state index is 0. The molecule has 0 atom stereocenters. The smallest absolute Gasteiger partial charge is 0.308 e. The molecule has 0 radical (unpaired) electrons. The molecule has 1 N–H and O–H groups in total. The molecule has 1 saturated heterocycles. The summed E-state index contributed by atoms with van der Waals surface area (Å²) in [6, 6.07) is 7.04. The van der Waals surface area contributed by atoms with Gasteiger partial charge in [0.05, 0.1) is 13.0 Å². The SMILES string of the molecule is CN=C(NCC1(c2ccccc2F)CC1)N1CCC(C(=O)OC)CC1.I. The largest absolute Gasteiger partial charge is 0.469 e. The summed E-state index contributed by atoms with van der Waals surface area (Å²) in [4.78, 5) is 18.2. The van der Waals surface area contributed by atoms with Crippen LogP contribution >= 0.6 is 24.0 Å². The number of carbonyl (C=O) groups is 1. The average Bonchev–Trinajstić information content (AvgIpc) is 3.43. The van der Waals surface area contributed by atoms with Crippen molar-refractivity contribution >= 4 is 35.9 Å². The topological polar surface area (TPSA) is 53.9 Å². The van der Waals surface area contributed by atoms with Crippen LogP contribution in [0.5, 0.6) is 0 Å². The van der Waals surface area contributed by atoms with Crippen molar-refractivity contribution in [1.82, 2.24) is 10.2 Å². The van der Waals surface area contributed by atoms with E-state index >= 15 is 0 Å². The summed E-state index contributed by atoms with van der Waals surface area (Å²) >= 11 is 0. The Morgan fingerprint density at radius 3 is 2.54 bits per heavy atom. The van der Waals surface area contributed by atoms with E-state index in [0.717, 1.165) is 50.3 Å². The molecule has 1 heterocycles. The summed E-state index contributed by atoms with van der Waals surface area (Å²) < 4.78 is 19.0. The van der Waals surface area contributed by atoms with Crippen molar-refractivity contribution in [3.05, 3.63) is 35.6 Å². The van der Waals surface area contributed by atoms with Gasteiger partial charge in [0, 0.05) is 32.1 Å². The molecule has 144 valence electrons. The summed E-state index contributed by atoms with van der Waals surface area (Å²) in [6.45, 7) is 2.22. The second-order valence-corrected chi connectivity index (χ2v) is 6.95. The van der Waals surface area contributed by atoms with Gasteiger partial charge >= 0.3 is 5.97 Å². The fourth-order valence-corrected chi connectivity index (χ4v) is 3.66. The van der Waals surface area contributed by atoms with Crippen molar-refractivity contribution in [1.29, 1.82) is 0 Å². The summed E-state index contributed by atoms with van der Waals surface area (Å²) in [7, 11) is 3.20. The molecule has 0 aromatic heterocycles. The minimum Gasteiger partial charge on any atom is -0.469 e. The van der Waals surface area contributed by atoms with Crippen LogP contribution in [0.3, 0.4) is 0 Å². The minimum atomic E-state index is -0.129. The molecule has 1 aromatic carbocycles. The molecule has 7 heteroatoms. The Hall–Kier alpha value is -1.38. The number of ether oxygens (including phenoxy) is 1. The summed E-state index contributed by atoms with van der Waals surface area (Å²) in [5.41, 5.74) is 0.674. The maximum atomic E-state index is 14.1. The van der Waals surface area contributed by atoms with Crippen LogP contribution in [-0.4, -0.2) is 50.6 Å². The van der Waals surface area contributed by atoms with Crippen LogP contribution in [0.25, 0.3) is 0 Å². The lowest BCUT2D eigenvalue weighted by atomic mass is 9.95. The van der Waals surface area contributed by atoms with E-state index in [4.69, 9.17) is 4.74 Å². The average molecular weight is 475 g/mol. The number of hydrogen-bond donors (Lipinski definition) is 1. The number of guanidine groups is 1. The first-order chi connectivity index (χ1) is 12.1. The predicted octanol–water partition coefficient (Wildman–Crippen LogP) is 2.94. The zero-order chi connectivity index (χ0) is 17.9. The van der Waals surface area contributed by atoms with Crippen molar-refractivity contribution in [3.8, 4) is 0 Å². The molecule has 1 aromatic rings. The Morgan fingerprint density at radius 1 is 1.35 bits per heavy atom. The molecule has 2 aliphatic rings. The number of rotatable bonds is 4. The van der Waals surface area contributed by atoms with Crippen LogP contribution < -0.4 is 5.32 Å². The van der Waals surface area contributed by atoms with Crippen LogP contribution in [0.1, 0.15) is 31.2 Å². The van der Waals surface area contributed by atoms with E-state index in [9.17, 15) is 9.18 Å². The molecular formula is C19H27FIN3O2. The quantitative estimate of drug-likeness (QED) is 0.315. The Kier molecular flexibility index (Phi) is 7.25. The lowest BCUT2D eigenvalue weighted by Crippen LogP contribution is -2.48. The molecular weight excluding hydrogens is 448 g/mol. The second-order valence-electron chi connectivity index (χ2n) is 6.95. The highest BCUT2D eigenvalue weighted by Crippen LogP contribution is 2.48.